The van der Waals surface area contributed by atoms with E-state index >= 15 is 0 Å². The third-order valence-corrected chi connectivity index (χ3v) is 3.01. The maximum absolute atomic E-state index is 12.7. The van der Waals surface area contributed by atoms with Gasteiger partial charge in [0, 0.05) is 5.56 Å². The van der Waals surface area contributed by atoms with Gasteiger partial charge in [-0.1, -0.05) is 24.3 Å². The Labute approximate surface area is 133 Å². The highest BCUT2D eigenvalue weighted by molar-refractivity contribution is 5.89. The van der Waals surface area contributed by atoms with E-state index in [1.807, 2.05) is 13.0 Å². The molecule has 23 heavy (non-hydrogen) atoms. The van der Waals surface area contributed by atoms with Crippen molar-refractivity contribution in [2.75, 3.05) is 0 Å². The fourth-order valence-corrected chi connectivity index (χ4v) is 1.90. The molecule has 0 unspecified atom stereocenters. The molecule has 0 spiro atoms. The maximum Gasteiger partial charge on any atom is 0.335 e. The summed E-state index contributed by atoms with van der Waals surface area (Å²) in [4.78, 5) is 15.2. The molecule has 6 heteroatoms. The number of allylic oxidation sites excluding steroid dienone is 6. The van der Waals surface area contributed by atoms with Crippen molar-refractivity contribution in [2.45, 2.75) is 13.8 Å². The first-order valence-electron chi connectivity index (χ1n) is 6.94. The first-order valence-corrected chi connectivity index (χ1v) is 6.94. The summed E-state index contributed by atoms with van der Waals surface area (Å²) in [5.74, 6) is -0.878. The van der Waals surface area contributed by atoms with Crippen LogP contribution in [0.25, 0.3) is 17.1 Å². The molecule has 0 bridgehead atoms. The number of carboxylic acid groups (broad SMARTS) is 1. The average molecular weight is 313 g/mol. The summed E-state index contributed by atoms with van der Waals surface area (Å²) in [6, 6.07) is 6.41. The van der Waals surface area contributed by atoms with Crippen molar-refractivity contribution in [3.05, 3.63) is 66.3 Å². The van der Waals surface area contributed by atoms with Crippen molar-refractivity contribution in [3.63, 3.8) is 0 Å². The molecule has 1 aromatic carbocycles. The van der Waals surface area contributed by atoms with E-state index in [1.165, 1.54) is 31.5 Å². The number of halogens is 1. The zero-order valence-electron chi connectivity index (χ0n) is 12.8. The van der Waals surface area contributed by atoms with Gasteiger partial charge in [-0.25, -0.2) is 18.9 Å². The third-order valence-electron chi connectivity index (χ3n) is 3.01. The fourth-order valence-electron chi connectivity index (χ4n) is 1.90. The Hall–Kier alpha value is -3.02. The lowest BCUT2D eigenvalue weighted by atomic mass is 10.1. The lowest BCUT2D eigenvalue weighted by Crippen LogP contribution is -1.97. The van der Waals surface area contributed by atoms with Gasteiger partial charge in [-0.15, -0.1) is 5.10 Å². The Morgan fingerprint density at radius 2 is 2.17 bits per heavy atom. The Bertz CT molecular complexity index is 800. The quantitative estimate of drug-likeness (QED) is 0.849. The molecule has 2 rings (SSSR count). The monoisotopic (exact) mass is 313 g/mol. The molecule has 0 aliphatic heterocycles. The highest BCUT2D eigenvalue weighted by Crippen LogP contribution is 2.17. The van der Waals surface area contributed by atoms with E-state index in [9.17, 15) is 9.18 Å². The molecule has 0 saturated heterocycles. The first-order chi connectivity index (χ1) is 11.0. The molecule has 2 aromatic rings. The zero-order chi connectivity index (χ0) is 16.8. The maximum atomic E-state index is 12.7. The molecular formula is C17H16FN3O2. The summed E-state index contributed by atoms with van der Waals surface area (Å²) in [5, 5.41) is 13.4. The van der Waals surface area contributed by atoms with Gasteiger partial charge in [0.1, 0.15) is 6.33 Å². The minimum atomic E-state index is -1.00. The van der Waals surface area contributed by atoms with Crippen LogP contribution in [-0.4, -0.2) is 25.8 Å². The van der Waals surface area contributed by atoms with E-state index in [4.69, 9.17) is 5.11 Å². The second kappa shape index (κ2) is 7.31. The van der Waals surface area contributed by atoms with Gasteiger partial charge >= 0.3 is 5.97 Å². The van der Waals surface area contributed by atoms with E-state index in [1.54, 1.807) is 29.0 Å². The Kier molecular flexibility index (Phi) is 5.19. The lowest BCUT2D eigenvalue weighted by Gasteiger charge is -2.00. The Morgan fingerprint density at radius 3 is 2.83 bits per heavy atom. The number of carboxylic acids is 1. The van der Waals surface area contributed by atoms with Gasteiger partial charge in [0.15, 0.2) is 5.82 Å². The number of hydrogen-bond donors (Lipinski definition) is 1. The minimum absolute atomic E-state index is 0.175. The Morgan fingerprint density at radius 1 is 1.39 bits per heavy atom. The van der Waals surface area contributed by atoms with Crippen LogP contribution in [0.4, 0.5) is 4.39 Å². The third kappa shape index (κ3) is 4.23. The Balaban J connectivity index is 2.29. The van der Waals surface area contributed by atoms with Crippen LogP contribution in [0.3, 0.4) is 0 Å². The van der Waals surface area contributed by atoms with Crippen molar-refractivity contribution in [1.82, 2.24) is 14.8 Å². The van der Waals surface area contributed by atoms with E-state index in [-0.39, 0.29) is 11.4 Å². The smallest absolute Gasteiger partial charge is 0.335 e. The predicted molar refractivity (Wildman–Crippen MR) is 86.4 cm³/mol. The second-order valence-corrected chi connectivity index (χ2v) is 4.72. The molecule has 1 N–H and O–H groups in total. The largest absolute Gasteiger partial charge is 0.478 e. The summed E-state index contributed by atoms with van der Waals surface area (Å²) >= 11 is 0. The summed E-state index contributed by atoms with van der Waals surface area (Å²) in [5.41, 5.74) is 1.51. The molecule has 0 atom stereocenters. The van der Waals surface area contributed by atoms with E-state index < -0.39 is 5.97 Å². The molecule has 1 aromatic heterocycles. The van der Waals surface area contributed by atoms with Crippen LogP contribution < -0.4 is 0 Å². The molecule has 1 heterocycles. The standard InChI is InChI=1S/C17H16FN3O2/c1-3-15(9-4-6-12(2)18)21-11-19-16(20-21)13-7-5-8-14(10-13)17(22)23/h3-11H,1-2H3,(H,22,23)/b9-4-,12-6+,15-3+. The summed E-state index contributed by atoms with van der Waals surface area (Å²) in [6.07, 6.45) is 7.96. The minimum Gasteiger partial charge on any atom is -0.478 e. The van der Waals surface area contributed by atoms with Crippen molar-refractivity contribution in [2.24, 2.45) is 0 Å². The van der Waals surface area contributed by atoms with Crippen molar-refractivity contribution >= 4 is 11.7 Å². The van der Waals surface area contributed by atoms with Crippen LogP contribution in [0.2, 0.25) is 0 Å². The average Bonchev–Trinajstić information content (AvgIpc) is 3.01. The molecule has 0 aliphatic carbocycles. The predicted octanol–water partition coefficient (Wildman–Crippen LogP) is 3.93. The second-order valence-electron chi connectivity index (χ2n) is 4.72. The lowest BCUT2D eigenvalue weighted by molar-refractivity contribution is 0.0697. The normalized spacial score (nSPS) is 12.8. The van der Waals surface area contributed by atoms with Crippen LogP contribution in [-0.2, 0) is 0 Å². The summed E-state index contributed by atoms with van der Waals surface area (Å²) in [7, 11) is 0. The molecule has 0 saturated carbocycles. The van der Waals surface area contributed by atoms with Crippen LogP contribution in [0, 0.1) is 0 Å². The van der Waals surface area contributed by atoms with Gasteiger partial charge in [0.2, 0.25) is 0 Å². The van der Waals surface area contributed by atoms with Gasteiger partial charge in [-0.3, -0.25) is 0 Å². The fraction of sp³-hybridized carbons (Fsp3) is 0.118. The van der Waals surface area contributed by atoms with Gasteiger partial charge in [-0.2, -0.15) is 0 Å². The highest BCUT2D eigenvalue weighted by atomic mass is 19.1. The van der Waals surface area contributed by atoms with Crippen molar-refractivity contribution < 1.29 is 14.3 Å². The number of nitrogens with zero attached hydrogens (tertiary/aromatic N) is 3. The van der Waals surface area contributed by atoms with Gasteiger partial charge in [-0.05, 0) is 38.1 Å². The molecule has 0 aliphatic rings. The van der Waals surface area contributed by atoms with Crippen LogP contribution >= 0.6 is 0 Å². The molecular weight excluding hydrogens is 297 g/mol. The molecule has 0 amide bonds. The van der Waals surface area contributed by atoms with E-state index in [2.05, 4.69) is 10.1 Å². The highest BCUT2D eigenvalue weighted by Gasteiger charge is 2.09. The van der Waals surface area contributed by atoms with Crippen molar-refractivity contribution in [3.8, 4) is 11.4 Å². The number of rotatable bonds is 5. The van der Waals surface area contributed by atoms with E-state index in [0.717, 1.165) is 5.70 Å². The van der Waals surface area contributed by atoms with Crippen LogP contribution in [0.1, 0.15) is 24.2 Å². The molecule has 5 nitrogen and oxygen atoms in total. The number of carbonyl (C=O) groups is 1. The summed E-state index contributed by atoms with van der Waals surface area (Å²) in [6.45, 7) is 3.20. The van der Waals surface area contributed by atoms with Crippen LogP contribution in [0.15, 0.2) is 60.7 Å². The SMILES string of the molecule is C\C=C(/C=C\C=C(/C)F)n1cnc(-c2cccc(C(=O)O)c2)n1. The van der Waals surface area contributed by atoms with Gasteiger partial charge in [0.25, 0.3) is 0 Å². The summed E-state index contributed by atoms with van der Waals surface area (Å²) < 4.78 is 14.2. The molecule has 0 radical (unpaired) electrons. The topological polar surface area (TPSA) is 68.0 Å². The number of hydrogen-bond acceptors (Lipinski definition) is 3. The first kappa shape index (κ1) is 16.4. The van der Waals surface area contributed by atoms with Crippen LogP contribution in [0.5, 0.6) is 0 Å². The van der Waals surface area contributed by atoms with Gasteiger partial charge < -0.3 is 5.11 Å². The number of benzene rings is 1. The number of aromatic nitrogens is 3. The van der Waals surface area contributed by atoms with Crippen molar-refractivity contribution in [1.29, 1.82) is 0 Å². The van der Waals surface area contributed by atoms with Gasteiger partial charge in [0.05, 0.1) is 17.1 Å². The molecule has 0 fully saturated rings. The van der Waals surface area contributed by atoms with E-state index in [0.29, 0.717) is 11.4 Å². The number of aromatic carboxylic acids is 1. The molecule has 118 valence electrons. The zero-order valence-corrected chi connectivity index (χ0v) is 12.8.